The highest BCUT2D eigenvalue weighted by molar-refractivity contribution is 7.63. The van der Waals surface area contributed by atoms with Gasteiger partial charge >= 0.3 is 29.8 Å². The van der Waals surface area contributed by atoms with Crippen LogP contribution in [-0.4, -0.2) is 132 Å². The molecule has 0 saturated carbocycles. The number of carbonyl (C=O) groups is 6. The van der Waals surface area contributed by atoms with Crippen molar-refractivity contribution in [1.29, 1.82) is 0 Å². The number of ether oxygens (including phenoxy) is 5. The quantitative estimate of drug-likeness (QED) is 0.0210. The zero-order valence-corrected chi connectivity index (χ0v) is 47.3. The van der Waals surface area contributed by atoms with Gasteiger partial charge in [-0.3, -0.25) is 39.7 Å². The monoisotopic (exact) mass is 1110 g/mol. The van der Waals surface area contributed by atoms with Crippen LogP contribution in [-0.2, 0) is 60.6 Å². The molecule has 6 rings (SSSR count). The number of rotatable bonds is 12. The third kappa shape index (κ3) is 35.1. The van der Waals surface area contributed by atoms with Crippen molar-refractivity contribution in [2.24, 2.45) is 0 Å². The number of aromatic nitrogens is 6. The van der Waals surface area contributed by atoms with Gasteiger partial charge in [0.1, 0.15) is 0 Å². The van der Waals surface area contributed by atoms with Crippen molar-refractivity contribution in [3.63, 3.8) is 0 Å². The maximum Gasteiger partial charge on any atom is 0.339 e. The van der Waals surface area contributed by atoms with Crippen LogP contribution < -0.4 is 4.73 Å². The van der Waals surface area contributed by atoms with E-state index in [9.17, 15) is 38.5 Å². The topological polar surface area (TPSA) is 295 Å². The largest absolute Gasteiger partial charge is 0.469 e. The molecule has 79 heavy (non-hydrogen) atoms. The summed E-state index contributed by atoms with van der Waals surface area (Å²) in [4.78, 5) is 83.5. The van der Waals surface area contributed by atoms with Gasteiger partial charge in [0.25, 0.3) is 0 Å². The van der Waals surface area contributed by atoms with Crippen molar-refractivity contribution in [3.8, 4) is 0 Å². The van der Waals surface area contributed by atoms with Crippen LogP contribution in [0.25, 0.3) is 18.2 Å². The van der Waals surface area contributed by atoms with Gasteiger partial charge in [-0.05, 0) is 124 Å². The molecule has 0 aliphatic heterocycles. The SMILES string of the molecule is COC(=O)/C=C/c1ccc(C)[n+](O)c1.COC(=O)/C=C/c1ccc(C)nc1.COC(=O)/C=C/c1ccc(CO)nc1.COC(=O)CP(C)(C)=O.COC(=O)c1ccc(C)nc1.Cc1ccc(C=O)cn1.Cc1ccc(CO)cn1. The summed E-state index contributed by atoms with van der Waals surface area (Å²) in [5, 5.41) is 26.6. The lowest BCUT2D eigenvalue weighted by molar-refractivity contribution is -0.908. The highest BCUT2D eigenvalue weighted by atomic mass is 31.2. The van der Waals surface area contributed by atoms with Gasteiger partial charge < -0.3 is 38.5 Å². The minimum Gasteiger partial charge on any atom is -0.469 e. The van der Waals surface area contributed by atoms with Gasteiger partial charge in [0.15, 0.2) is 6.29 Å². The van der Waals surface area contributed by atoms with Crippen molar-refractivity contribution in [3.05, 3.63) is 196 Å². The third-order valence-corrected chi connectivity index (χ3v) is 10.2. The van der Waals surface area contributed by atoms with Crippen LogP contribution in [0.1, 0.15) is 77.1 Å². The van der Waals surface area contributed by atoms with Gasteiger partial charge in [-0.2, -0.15) is 0 Å². The molecule has 6 aromatic rings. The van der Waals surface area contributed by atoms with Crippen LogP contribution in [0.2, 0.25) is 0 Å². The molecule has 0 bridgehead atoms. The highest BCUT2D eigenvalue weighted by Crippen LogP contribution is 2.35. The highest BCUT2D eigenvalue weighted by Gasteiger charge is 2.13. The molecular formula is C57H70N6O15P+. The van der Waals surface area contributed by atoms with Gasteiger partial charge in [-0.25, -0.2) is 19.2 Å². The first kappa shape index (κ1) is 70.1. The van der Waals surface area contributed by atoms with E-state index in [0.717, 1.165) is 61.7 Å². The summed E-state index contributed by atoms with van der Waals surface area (Å²) in [5.41, 5.74) is 9.44. The normalized spacial score (nSPS) is 10.1. The number of aliphatic hydroxyl groups is 2. The third-order valence-electron chi connectivity index (χ3n) is 9.23. The fourth-order valence-electron chi connectivity index (χ4n) is 4.80. The Morgan fingerprint density at radius 1 is 0.519 bits per heavy atom. The average Bonchev–Trinajstić information content (AvgIpc) is 3.45. The molecule has 0 fully saturated rings. The number of aldehydes is 1. The zero-order chi connectivity index (χ0) is 59.8. The van der Waals surface area contributed by atoms with Crippen LogP contribution in [0.4, 0.5) is 0 Å². The smallest absolute Gasteiger partial charge is 0.339 e. The molecule has 0 aromatic carbocycles. The number of aliphatic hydroxyl groups excluding tert-OH is 2. The molecule has 0 aliphatic carbocycles. The first-order valence-electron chi connectivity index (χ1n) is 23.5. The number of carbonyl (C=O) groups excluding carboxylic acids is 6. The number of aryl methyl sites for hydroxylation is 5. The summed E-state index contributed by atoms with van der Waals surface area (Å²) >= 11 is 0. The second-order valence-corrected chi connectivity index (χ2v) is 19.8. The molecule has 0 amide bonds. The van der Waals surface area contributed by atoms with Crippen LogP contribution in [0.3, 0.4) is 0 Å². The number of esters is 5. The molecule has 6 heterocycles. The van der Waals surface area contributed by atoms with E-state index in [4.69, 9.17) is 10.2 Å². The van der Waals surface area contributed by atoms with E-state index in [1.165, 1.54) is 66.2 Å². The zero-order valence-electron chi connectivity index (χ0n) is 46.4. The molecule has 21 nitrogen and oxygen atoms in total. The van der Waals surface area contributed by atoms with E-state index in [-0.39, 0.29) is 31.3 Å². The lowest BCUT2D eigenvalue weighted by Crippen LogP contribution is -2.33. The Morgan fingerprint density at radius 2 is 0.949 bits per heavy atom. The molecule has 422 valence electrons. The summed E-state index contributed by atoms with van der Waals surface area (Å²) in [7, 11) is 4.41. The summed E-state index contributed by atoms with van der Waals surface area (Å²) < 4.78 is 34.0. The molecule has 22 heteroatoms. The Kier molecular flexibility index (Phi) is 35.8. The maximum atomic E-state index is 10.9. The van der Waals surface area contributed by atoms with Gasteiger partial charge in [0.2, 0.25) is 11.9 Å². The van der Waals surface area contributed by atoms with Crippen molar-refractivity contribution in [1.82, 2.24) is 24.9 Å². The van der Waals surface area contributed by atoms with Crippen molar-refractivity contribution < 1.29 is 77.2 Å². The van der Waals surface area contributed by atoms with E-state index >= 15 is 0 Å². The lowest BCUT2D eigenvalue weighted by Gasteiger charge is -2.02. The first-order chi connectivity index (χ1) is 37.4. The summed E-state index contributed by atoms with van der Waals surface area (Å²) in [6.45, 7) is 12.5. The summed E-state index contributed by atoms with van der Waals surface area (Å²) in [5.74, 6) is -1.94. The fourth-order valence-corrected chi connectivity index (χ4v) is 5.55. The fraction of sp³-hybridized carbons (Fsp3) is 0.263. The van der Waals surface area contributed by atoms with Gasteiger partial charge in [0, 0.05) is 101 Å². The Hall–Kier alpha value is -8.91. The Morgan fingerprint density at radius 3 is 1.28 bits per heavy atom. The predicted molar refractivity (Wildman–Crippen MR) is 297 cm³/mol. The van der Waals surface area contributed by atoms with Gasteiger partial charge in [0.05, 0.1) is 73.3 Å². The minimum absolute atomic E-state index is 0.0451. The van der Waals surface area contributed by atoms with E-state index in [1.54, 1.807) is 106 Å². The molecular weight excluding hydrogens is 1040 g/mol. The number of nitrogens with zero attached hydrogens (tertiary/aromatic N) is 6. The first-order valence-corrected chi connectivity index (χ1v) is 26.2. The molecule has 0 spiro atoms. The van der Waals surface area contributed by atoms with Crippen LogP contribution in [0.15, 0.2) is 128 Å². The maximum absolute atomic E-state index is 10.9. The number of methoxy groups -OCH3 is 5. The van der Waals surface area contributed by atoms with Crippen LogP contribution in [0, 0.1) is 34.6 Å². The van der Waals surface area contributed by atoms with Crippen molar-refractivity contribution in [2.75, 3.05) is 55.0 Å². The molecule has 0 saturated heterocycles. The molecule has 0 atom stereocenters. The second kappa shape index (κ2) is 40.4. The van der Waals surface area contributed by atoms with E-state index in [1.807, 2.05) is 58.0 Å². The Balaban J connectivity index is 0.000000906. The summed E-state index contributed by atoms with van der Waals surface area (Å²) in [6, 6.07) is 21.5. The van der Waals surface area contributed by atoms with E-state index < -0.39 is 25.0 Å². The van der Waals surface area contributed by atoms with E-state index in [0.29, 0.717) is 16.8 Å². The molecule has 0 radical (unpaired) electrons. The average molecular weight is 1110 g/mol. The molecule has 0 aliphatic rings. The minimum atomic E-state index is -2.21. The predicted octanol–water partition coefficient (Wildman–Crippen LogP) is 7.09. The van der Waals surface area contributed by atoms with Gasteiger partial charge in [-0.15, -0.1) is 0 Å². The second-order valence-electron chi connectivity index (χ2n) is 16.3. The number of pyridine rings is 6. The molecule has 3 N–H and O–H groups in total. The van der Waals surface area contributed by atoms with Gasteiger partial charge in [-0.1, -0.05) is 18.2 Å². The standard InChI is InChI=1S/C10H12NO3.C10H11NO3.C10H11NO2.C8H9NO2.C7H9NO.C7H7NO.C5H11O3P/c1-8-3-4-9(7-11(8)13)5-6-10(12)14-2;1-14-10(13)5-3-8-2-4-9(7-12)11-6-8;1-8-3-4-9(7-11-8)5-6-10(12)13-2;1-6-3-4-7(5-9-6)8(10)11-2;2*1-6-2-3-7(5-9)4-8-6;1-8-5(6)4-9(2,3)7/h3-7,13H,1-2H3;2-6,12H,7H2,1H3;3-7H,1-2H3;3-5H,1-2H3;2-4,9H,5H2,1H3;2-5H,1H3;4H2,1-3H3/q+1;;;;;;/b6-5+;5-3+;6-5+;;;;. The molecule has 0 unspecified atom stereocenters. The lowest BCUT2D eigenvalue weighted by atomic mass is 10.2. The van der Waals surface area contributed by atoms with Crippen molar-refractivity contribution in [2.45, 2.75) is 47.8 Å². The Labute approximate surface area is 460 Å². The number of hydrogen-bond donors (Lipinski definition) is 3. The van der Waals surface area contributed by atoms with E-state index in [2.05, 4.69) is 48.6 Å². The van der Waals surface area contributed by atoms with Crippen LogP contribution >= 0.6 is 7.14 Å². The molecule has 6 aromatic heterocycles. The van der Waals surface area contributed by atoms with Crippen LogP contribution in [0.5, 0.6) is 0 Å². The number of hydrogen-bond acceptors (Lipinski definition) is 20. The summed E-state index contributed by atoms with van der Waals surface area (Å²) in [6.07, 6.45) is 19.2. The Bertz CT molecular complexity index is 2910. The van der Waals surface area contributed by atoms with Crippen molar-refractivity contribution >= 4 is 61.5 Å².